The molecule has 0 spiro atoms. The molecule has 0 bridgehead atoms. The molecule has 110 valence electrons. The van der Waals surface area contributed by atoms with Crippen LogP contribution < -0.4 is 9.47 Å². The summed E-state index contributed by atoms with van der Waals surface area (Å²) in [5.41, 5.74) is 1.34. The summed E-state index contributed by atoms with van der Waals surface area (Å²) in [5, 5.41) is 0.231. The maximum Gasteiger partial charge on any atom is 0.188 e. The summed E-state index contributed by atoms with van der Waals surface area (Å²) in [6.45, 7) is 0.394. The minimum atomic E-state index is 0.0679. The van der Waals surface area contributed by atoms with Crippen molar-refractivity contribution >= 4 is 17.9 Å². The fourth-order valence-corrected chi connectivity index (χ4v) is 2.00. The maximum absolute atomic E-state index is 11.0. The Hall–Kier alpha value is -2.04. The van der Waals surface area contributed by atoms with Crippen LogP contribution >= 0.6 is 11.6 Å². The summed E-state index contributed by atoms with van der Waals surface area (Å²) in [6, 6.07) is 12.9. The fraction of sp³-hybridized carbons (Fsp3) is 0.188. The average molecular weight is 307 g/mol. The van der Waals surface area contributed by atoms with Crippen LogP contribution in [0.25, 0.3) is 0 Å². The van der Waals surface area contributed by atoms with Crippen molar-refractivity contribution < 1.29 is 19.0 Å². The Kier molecular flexibility index (Phi) is 5.60. The van der Waals surface area contributed by atoms with Gasteiger partial charge >= 0.3 is 0 Å². The van der Waals surface area contributed by atoms with E-state index < -0.39 is 0 Å². The van der Waals surface area contributed by atoms with Crippen molar-refractivity contribution in [1.82, 2.24) is 0 Å². The number of carbonyl (C=O) groups is 1. The third-order valence-electron chi connectivity index (χ3n) is 2.78. The summed E-state index contributed by atoms with van der Waals surface area (Å²) in [4.78, 5) is 11.0. The summed E-state index contributed by atoms with van der Waals surface area (Å²) in [5.74, 6) is 0.769. The van der Waals surface area contributed by atoms with Crippen molar-refractivity contribution in [3.63, 3.8) is 0 Å². The lowest BCUT2D eigenvalue weighted by atomic mass is 10.2. The zero-order chi connectivity index (χ0) is 15.1. The predicted molar refractivity (Wildman–Crippen MR) is 80.1 cm³/mol. The Morgan fingerprint density at radius 1 is 1.10 bits per heavy atom. The van der Waals surface area contributed by atoms with E-state index in [4.69, 9.17) is 25.8 Å². The first-order valence-electron chi connectivity index (χ1n) is 6.32. The summed E-state index contributed by atoms with van der Waals surface area (Å²) >= 11 is 6.18. The Morgan fingerprint density at radius 3 is 2.52 bits per heavy atom. The van der Waals surface area contributed by atoms with E-state index in [1.165, 1.54) is 7.11 Å². The zero-order valence-electron chi connectivity index (χ0n) is 11.5. The van der Waals surface area contributed by atoms with Crippen molar-refractivity contribution in [1.29, 1.82) is 0 Å². The van der Waals surface area contributed by atoms with Crippen LogP contribution in [0.4, 0.5) is 0 Å². The molecule has 2 aromatic rings. The second kappa shape index (κ2) is 7.67. The molecule has 2 rings (SSSR count). The Bertz CT molecular complexity index is 599. The number of ether oxygens (including phenoxy) is 3. The van der Waals surface area contributed by atoms with Crippen molar-refractivity contribution in [3.05, 3.63) is 58.6 Å². The number of carbonyl (C=O) groups excluding carboxylic acids is 1. The van der Waals surface area contributed by atoms with E-state index in [1.54, 1.807) is 12.1 Å². The van der Waals surface area contributed by atoms with Gasteiger partial charge in [-0.1, -0.05) is 41.9 Å². The summed E-state index contributed by atoms with van der Waals surface area (Å²) in [6.07, 6.45) is 0.678. The second-order valence-electron chi connectivity index (χ2n) is 4.24. The van der Waals surface area contributed by atoms with Crippen LogP contribution in [0.5, 0.6) is 11.5 Å². The van der Waals surface area contributed by atoms with E-state index in [-0.39, 0.29) is 11.8 Å². The SMILES string of the molecule is COCOc1ccc(C=O)c(Cl)c1OCc1ccccc1. The number of hydrogen-bond acceptors (Lipinski definition) is 4. The highest BCUT2D eigenvalue weighted by molar-refractivity contribution is 6.34. The number of hydrogen-bond donors (Lipinski definition) is 0. The van der Waals surface area contributed by atoms with E-state index in [0.717, 1.165) is 5.56 Å². The van der Waals surface area contributed by atoms with Gasteiger partial charge in [0.25, 0.3) is 0 Å². The molecule has 0 aromatic heterocycles. The lowest BCUT2D eigenvalue weighted by Gasteiger charge is -2.14. The topological polar surface area (TPSA) is 44.8 Å². The van der Waals surface area contributed by atoms with Gasteiger partial charge in [0.05, 0.1) is 5.02 Å². The quantitative estimate of drug-likeness (QED) is 0.578. The van der Waals surface area contributed by atoms with Crippen molar-refractivity contribution in [3.8, 4) is 11.5 Å². The largest absolute Gasteiger partial charge is 0.483 e. The summed E-state index contributed by atoms with van der Waals surface area (Å²) in [7, 11) is 1.52. The molecule has 2 aromatic carbocycles. The van der Waals surface area contributed by atoms with E-state index in [9.17, 15) is 4.79 Å². The van der Waals surface area contributed by atoms with E-state index >= 15 is 0 Å². The first-order chi connectivity index (χ1) is 10.3. The van der Waals surface area contributed by atoms with Gasteiger partial charge in [-0.25, -0.2) is 0 Å². The van der Waals surface area contributed by atoms with Crippen LogP contribution in [0, 0.1) is 0 Å². The smallest absolute Gasteiger partial charge is 0.188 e. The highest BCUT2D eigenvalue weighted by atomic mass is 35.5. The highest BCUT2D eigenvalue weighted by Gasteiger charge is 2.14. The highest BCUT2D eigenvalue weighted by Crippen LogP contribution is 2.37. The molecule has 0 atom stereocenters. The third kappa shape index (κ3) is 3.97. The van der Waals surface area contributed by atoms with Crippen LogP contribution in [0.2, 0.25) is 5.02 Å². The van der Waals surface area contributed by atoms with Crippen LogP contribution in [0.3, 0.4) is 0 Å². The van der Waals surface area contributed by atoms with Gasteiger partial charge in [0.2, 0.25) is 0 Å². The summed E-state index contributed by atoms with van der Waals surface area (Å²) < 4.78 is 16.0. The number of halogens is 1. The monoisotopic (exact) mass is 306 g/mol. The zero-order valence-corrected chi connectivity index (χ0v) is 12.3. The molecule has 0 saturated carbocycles. The molecule has 0 unspecified atom stereocenters. The van der Waals surface area contributed by atoms with Gasteiger partial charge < -0.3 is 14.2 Å². The minimum absolute atomic E-state index is 0.0679. The van der Waals surface area contributed by atoms with Gasteiger partial charge in [-0.15, -0.1) is 0 Å². The number of benzene rings is 2. The number of methoxy groups -OCH3 is 1. The standard InChI is InChI=1S/C16H15ClO4/c1-19-11-21-14-8-7-13(9-18)15(17)16(14)20-10-12-5-3-2-4-6-12/h2-9H,10-11H2,1H3. The average Bonchev–Trinajstić information content (AvgIpc) is 2.53. The lowest BCUT2D eigenvalue weighted by Crippen LogP contribution is -2.04. The maximum atomic E-state index is 11.0. The van der Waals surface area contributed by atoms with Gasteiger partial charge in [-0.05, 0) is 17.7 Å². The van der Waals surface area contributed by atoms with E-state index in [0.29, 0.717) is 30.0 Å². The first kappa shape index (κ1) is 15.4. The molecular weight excluding hydrogens is 292 g/mol. The molecule has 0 aliphatic rings. The molecule has 0 N–H and O–H groups in total. The van der Waals surface area contributed by atoms with Crippen LogP contribution in [0.1, 0.15) is 15.9 Å². The molecule has 0 aliphatic carbocycles. The molecule has 0 radical (unpaired) electrons. The van der Waals surface area contributed by atoms with Crippen LogP contribution in [-0.4, -0.2) is 20.2 Å². The van der Waals surface area contributed by atoms with Crippen molar-refractivity contribution in [2.24, 2.45) is 0 Å². The Balaban J connectivity index is 2.23. The molecule has 0 aliphatic heterocycles. The van der Waals surface area contributed by atoms with Crippen LogP contribution in [0.15, 0.2) is 42.5 Å². The normalized spacial score (nSPS) is 10.2. The van der Waals surface area contributed by atoms with E-state index in [1.807, 2.05) is 30.3 Å². The van der Waals surface area contributed by atoms with Gasteiger partial charge in [-0.2, -0.15) is 0 Å². The molecular formula is C16H15ClO4. The van der Waals surface area contributed by atoms with E-state index in [2.05, 4.69) is 0 Å². The van der Waals surface area contributed by atoms with Crippen molar-refractivity contribution in [2.75, 3.05) is 13.9 Å². The molecule has 0 fully saturated rings. The van der Waals surface area contributed by atoms with Crippen LogP contribution in [-0.2, 0) is 11.3 Å². The molecule has 4 nitrogen and oxygen atoms in total. The van der Waals surface area contributed by atoms with Gasteiger partial charge in [0, 0.05) is 12.7 Å². The fourth-order valence-electron chi connectivity index (χ4n) is 1.74. The lowest BCUT2D eigenvalue weighted by molar-refractivity contribution is 0.0484. The molecule has 21 heavy (non-hydrogen) atoms. The molecule has 0 saturated heterocycles. The second-order valence-corrected chi connectivity index (χ2v) is 4.62. The van der Waals surface area contributed by atoms with Gasteiger partial charge in [0.15, 0.2) is 24.6 Å². The molecule has 0 heterocycles. The minimum Gasteiger partial charge on any atom is -0.483 e. The Morgan fingerprint density at radius 2 is 1.86 bits per heavy atom. The Labute approximate surface area is 128 Å². The van der Waals surface area contributed by atoms with Gasteiger partial charge in [0.1, 0.15) is 6.61 Å². The number of aldehydes is 1. The predicted octanol–water partition coefficient (Wildman–Crippen LogP) is 3.71. The first-order valence-corrected chi connectivity index (χ1v) is 6.70. The molecule has 0 amide bonds. The molecule has 5 heteroatoms. The number of rotatable bonds is 7. The third-order valence-corrected chi connectivity index (χ3v) is 3.17. The van der Waals surface area contributed by atoms with Gasteiger partial charge in [-0.3, -0.25) is 4.79 Å². The van der Waals surface area contributed by atoms with Crippen molar-refractivity contribution in [2.45, 2.75) is 6.61 Å².